The lowest BCUT2D eigenvalue weighted by atomic mass is 10.3. The Hall–Kier alpha value is -0.800. The Labute approximate surface area is 128 Å². The summed E-state index contributed by atoms with van der Waals surface area (Å²) in [6, 6.07) is 0.328. The molecule has 0 spiro atoms. The van der Waals surface area contributed by atoms with Crippen LogP contribution in [0.25, 0.3) is 0 Å². The summed E-state index contributed by atoms with van der Waals surface area (Å²) in [5.74, 6) is -0.873. The van der Waals surface area contributed by atoms with Crippen molar-refractivity contribution < 1.29 is 26.4 Å². The number of thiophene rings is 1. The van der Waals surface area contributed by atoms with Crippen molar-refractivity contribution >= 4 is 37.0 Å². The van der Waals surface area contributed by atoms with Crippen LogP contribution in [0.15, 0.2) is 11.0 Å². The lowest BCUT2D eigenvalue weighted by molar-refractivity contribution is -0.143. The van der Waals surface area contributed by atoms with E-state index in [-0.39, 0.29) is 14.6 Å². The summed E-state index contributed by atoms with van der Waals surface area (Å²) < 4.78 is 60.1. The van der Waals surface area contributed by atoms with Crippen molar-refractivity contribution in [1.29, 1.82) is 0 Å². The van der Waals surface area contributed by atoms with Crippen molar-refractivity contribution in [2.45, 2.75) is 37.9 Å². The molecule has 0 radical (unpaired) electrons. The van der Waals surface area contributed by atoms with Crippen LogP contribution in [-0.4, -0.2) is 38.0 Å². The fourth-order valence-electron chi connectivity index (χ4n) is 1.64. The molecule has 4 nitrogen and oxygen atoms in total. The Morgan fingerprint density at radius 3 is 2.29 bits per heavy atom. The van der Waals surface area contributed by atoms with Gasteiger partial charge in [0.2, 0.25) is 0 Å². The second kappa shape index (κ2) is 6.13. The van der Waals surface area contributed by atoms with Crippen molar-refractivity contribution in [1.82, 2.24) is 4.90 Å². The van der Waals surface area contributed by atoms with E-state index in [4.69, 9.17) is 10.7 Å². The topological polar surface area (TPSA) is 54.5 Å². The molecule has 1 heterocycles. The van der Waals surface area contributed by atoms with E-state index in [1.165, 1.54) is 20.8 Å². The largest absolute Gasteiger partial charge is 0.406 e. The Morgan fingerprint density at radius 1 is 1.43 bits per heavy atom. The number of rotatable bonds is 4. The Morgan fingerprint density at radius 2 is 1.95 bits per heavy atom. The molecule has 0 atom stereocenters. The van der Waals surface area contributed by atoms with Crippen LogP contribution in [0.4, 0.5) is 13.2 Å². The van der Waals surface area contributed by atoms with Gasteiger partial charge in [-0.05, 0) is 26.8 Å². The van der Waals surface area contributed by atoms with E-state index in [1.54, 1.807) is 0 Å². The minimum absolute atomic E-state index is 0.0929. The third-order valence-corrected chi connectivity index (χ3v) is 5.20. The van der Waals surface area contributed by atoms with Crippen molar-refractivity contribution in [3.63, 3.8) is 0 Å². The van der Waals surface area contributed by atoms with Crippen LogP contribution in [-0.2, 0) is 9.05 Å². The van der Waals surface area contributed by atoms with Gasteiger partial charge in [-0.2, -0.15) is 13.2 Å². The first kappa shape index (κ1) is 18.2. The minimum Gasteiger partial charge on any atom is -0.326 e. The maximum absolute atomic E-state index is 12.5. The van der Waals surface area contributed by atoms with Gasteiger partial charge in [-0.15, -0.1) is 11.3 Å². The molecule has 120 valence electrons. The maximum atomic E-state index is 12.5. The molecular weight excluding hydrogens is 351 g/mol. The van der Waals surface area contributed by atoms with Crippen LogP contribution in [0.5, 0.6) is 0 Å². The normalized spacial score (nSPS) is 12.8. The van der Waals surface area contributed by atoms with E-state index in [1.807, 2.05) is 0 Å². The smallest absolute Gasteiger partial charge is 0.326 e. The molecular formula is C11H13ClF3NO3S2. The van der Waals surface area contributed by atoms with Crippen LogP contribution < -0.4 is 0 Å². The molecule has 0 aliphatic heterocycles. The predicted octanol–water partition coefficient (Wildman–Crippen LogP) is 3.40. The molecule has 1 aromatic heterocycles. The summed E-state index contributed by atoms with van der Waals surface area (Å²) in [5.41, 5.74) is 0. The highest BCUT2D eigenvalue weighted by atomic mass is 35.7. The average Bonchev–Trinajstić information content (AvgIpc) is 2.65. The number of hydrogen-bond acceptors (Lipinski definition) is 4. The van der Waals surface area contributed by atoms with Gasteiger partial charge in [-0.3, -0.25) is 4.79 Å². The van der Waals surface area contributed by atoms with Gasteiger partial charge in [-0.1, -0.05) is 0 Å². The van der Waals surface area contributed by atoms with Crippen molar-refractivity contribution in [2.24, 2.45) is 0 Å². The van der Waals surface area contributed by atoms with Gasteiger partial charge >= 0.3 is 6.18 Å². The second-order valence-electron chi connectivity index (χ2n) is 4.61. The van der Waals surface area contributed by atoms with Crippen molar-refractivity contribution in [3.8, 4) is 0 Å². The average molecular weight is 364 g/mol. The highest BCUT2D eigenvalue weighted by Crippen LogP contribution is 2.30. The molecule has 0 fully saturated rings. The van der Waals surface area contributed by atoms with E-state index in [0.717, 1.165) is 17.4 Å². The lowest BCUT2D eigenvalue weighted by Gasteiger charge is -2.27. The molecule has 0 unspecified atom stereocenters. The maximum Gasteiger partial charge on any atom is 0.406 e. The molecule has 0 N–H and O–H groups in total. The SMILES string of the molecule is Cc1sc(C(=O)N(CC(F)(F)F)C(C)C)cc1S(=O)(=O)Cl. The molecule has 0 bridgehead atoms. The van der Waals surface area contributed by atoms with E-state index in [0.29, 0.717) is 4.90 Å². The molecule has 0 saturated heterocycles. The number of hydrogen-bond donors (Lipinski definition) is 0. The highest BCUT2D eigenvalue weighted by Gasteiger charge is 2.35. The molecule has 1 amide bonds. The summed E-state index contributed by atoms with van der Waals surface area (Å²) in [5, 5.41) is 0. The number of nitrogens with zero attached hydrogens (tertiary/aromatic N) is 1. The Bertz CT molecular complexity index is 638. The van der Waals surface area contributed by atoms with E-state index >= 15 is 0 Å². The highest BCUT2D eigenvalue weighted by molar-refractivity contribution is 8.13. The molecule has 1 aromatic rings. The van der Waals surface area contributed by atoms with Gasteiger partial charge in [0.15, 0.2) is 0 Å². The fraction of sp³-hybridized carbons (Fsp3) is 0.545. The summed E-state index contributed by atoms with van der Waals surface area (Å²) in [7, 11) is 1.17. The van der Waals surface area contributed by atoms with Crippen molar-refractivity contribution in [2.75, 3.05) is 6.54 Å². The first-order valence-corrected chi connectivity index (χ1v) is 8.88. The Kier molecular flexibility index (Phi) is 5.33. The summed E-state index contributed by atoms with van der Waals surface area (Å²) >= 11 is 0.799. The molecule has 0 aliphatic rings. The Balaban J connectivity index is 3.17. The second-order valence-corrected chi connectivity index (χ2v) is 8.40. The monoisotopic (exact) mass is 363 g/mol. The standard InChI is InChI=1S/C11H13ClF3NO3S2/c1-6(2)16(5-11(13,14)15)10(17)8-4-9(7(3)20-8)21(12,18)19/h4,6H,5H2,1-3H3. The molecule has 1 rings (SSSR count). The number of carbonyl (C=O) groups excluding carboxylic acids is 1. The first-order chi connectivity index (χ1) is 9.33. The number of carbonyl (C=O) groups is 1. The summed E-state index contributed by atoms with van der Waals surface area (Å²) in [6.07, 6.45) is -4.53. The van der Waals surface area contributed by atoms with Crippen LogP contribution >= 0.6 is 22.0 Å². The van der Waals surface area contributed by atoms with E-state index < -0.39 is 33.7 Å². The number of amides is 1. The minimum atomic E-state index is -4.53. The summed E-state index contributed by atoms with van der Waals surface area (Å²) in [4.78, 5) is 12.7. The van der Waals surface area contributed by atoms with E-state index in [2.05, 4.69) is 0 Å². The molecule has 10 heteroatoms. The van der Waals surface area contributed by atoms with Crippen LogP contribution in [0, 0.1) is 6.92 Å². The van der Waals surface area contributed by atoms with Gasteiger partial charge in [0.25, 0.3) is 15.0 Å². The van der Waals surface area contributed by atoms with Crippen molar-refractivity contribution in [3.05, 3.63) is 15.8 Å². The molecule has 0 aliphatic carbocycles. The van der Waals surface area contributed by atoms with Crippen LogP contribution in [0.1, 0.15) is 28.4 Å². The van der Waals surface area contributed by atoms with Gasteiger partial charge in [0.1, 0.15) is 6.54 Å². The third-order valence-electron chi connectivity index (χ3n) is 2.58. The number of aryl methyl sites for hydroxylation is 1. The zero-order chi connectivity index (χ0) is 16.6. The van der Waals surface area contributed by atoms with Crippen LogP contribution in [0.3, 0.4) is 0 Å². The van der Waals surface area contributed by atoms with Gasteiger partial charge < -0.3 is 4.90 Å². The van der Waals surface area contributed by atoms with Gasteiger partial charge in [-0.25, -0.2) is 8.42 Å². The zero-order valence-corrected chi connectivity index (χ0v) is 13.8. The van der Waals surface area contributed by atoms with Gasteiger partial charge in [0, 0.05) is 21.6 Å². The van der Waals surface area contributed by atoms with Gasteiger partial charge in [0.05, 0.1) is 9.77 Å². The zero-order valence-electron chi connectivity index (χ0n) is 11.4. The third kappa shape index (κ3) is 4.86. The van der Waals surface area contributed by atoms with Crippen LogP contribution in [0.2, 0.25) is 0 Å². The number of alkyl halides is 3. The summed E-state index contributed by atoms with van der Waals surface area (Å²) in [6.45, 7) is 2.93. The molecule has 21 heavy (non-hydrogen) atoms. The lowest BCUT2D eigenvalue weighted by Crippen LogP contribution is -2.43. The number of halogens is 4. The molecule has 0 saturated carbocycles. The quantitative estimate of drug-likeness (QED) is 0.770. The first-order valence-electron chi connectivity index (χ1n) is 5.75. The fourth-order valence-corrected chi connectivity index (χ4v) is 4.26. The molecule has 0 aromatic carbocycles. The van der Waals surface area contributed by atoms with E-state index in [9.17, 15) is 26.4 Å². The predicted molar refractivity (Wildman–Crippen MR) is 74.3 cm³/mol.